The molecule has 2 unspecified atom stereocenters. The Morgan fingerprint density at radius 1 is 1.53 bits per heavy atom. The van der Waals surface area contributed by atoms with Crippen molar-refractivity contribution in [1.82, 2.24) is 14.5 Å². The lowest BCUT2D eigenvalue weighted by atomic mass is 10.1. The molecule has 0 amide bonds. The molecule has 1 aliphatic heterocycles. The predicted molar refractivity (Wildman–Crippen MR) is 60.6 cm³/mol. The summed E-state index contributed by atoms with van der Waals surface area (Å²) in [4.78, 5) is 6.56. The normalized spacial score (nSPS) is 27.8. The Balaban J connectivity index is 2.32. The molecule has 1 aromatic heterocycles. The molecule has 1 aromatic rings. The Morgan fingerprint density at radius 3 is 2.80 bits per heavy atom. The molecular formula is C11H20N4. The van der Waals surface area contributed by atoms with E-state index in [2.05, 4.69) is 35.3 Å². The van der Waals surface area contributed by atoms with Crippen LogP contribution >= 0.6 is 0 Å². The van der Waals surface area contributed by atoms with E-state index in [-0.39, 0.29) is 6.04 Å². The standard InChI is InChI=1S/C11H20N4/c1-8(2)15-7-13-6-10(15)11-9(12)4-5-14(11)3/h6-9,11H,4-5,12H2,1-3H3. The SMILES string of the molecule is CC(C)n1cncc1C1C(N)CCN1C. The van der Waals surface area contributed by atoms with Crippen molar-refractivity contribution in [1.29, 1.82) is 0 Å². The van der Waals surface area contributed by atoms with E-state index < -0.39 is 0 Å². The van der Waals surface area contributed by atoms with Crippen LogP contribution in [0.5, 0.6) is 0 Å². The van der Waals surface area contributed by atoms with Gasteiger partial charge in [0, 0.05) is 24.8 Å². The fourth-order valence-corrected chi connectivity index (χ4v) is 2.40. The van der Waals surface area contributed by atoms with Gasteiger partial charge in [-0.05, 0) is 27.3 Å². The van der Waals surface area contributed by atoms with Crippen LogP contribution in [0.1, 0.15) is 38.0 Å². The van der Waals surface area contributed by atoms with Crippen LogP contribution in [0, 0.1) is 0 Å². The largest absolute Gasteiger partial charge is 0.331 e. The lowest BCUT2D eigenvalue weighted by molar-refractivity contribution is 0.288. The molecule has 0 aliphatic carbocycles. The van der Waals surface area contributed by atoms with E-state index >= 15 is 0 Å². The average Bonchev–Trinajstić information content (AvgIpc) is 2.73. The van der Waals surface area contributed by atoms with Gasteiger partial charge in [0.25, 0.3) is 0 Å². The molecule has 0 saturated carbocycles. The number of hydrogen-bond donors (Lipinski definition) is 1. The monoisotopic (exact) mass is 208 g/mol. The first-order chi connectivity index (χ1) is 7.11. The lowest BCUT2D eigenvalue weighted by Crippen LogP contribution is -2.31. The van der Waals surface area contributed by atoms with Crippen LogP contribution in [0.25, 0.3) is 0 Å². The molecule has 0 aromatic carbocycles. The maximum atomic E-state index is 6.15. The maximum absolute atomic E-state index is 6.15. The fourth-order valence-electron chi connectivity index (χ4n) is 2.40. The quantitative estimate of drug-likeness (QED) is 0.793. The zero-order valence-corrected chi connectivity index (χ0v) is 9.72. The average molecular weight is 208 g/mol. The van der Waals surface area contributed by atoms with Gasteiger partial charge < -0.3 is 10.3 Å². The van der Waals surface area contributed by atoms with Gasteiger partial charge in [-0.3, -0.25) is 4.90 Å². The van der Waals surface area contributed by atoms with Gasteiger partial charge in [0.15, 0.2) is 0 Å². The molecule has 4 heteroatoms. The molecule has 2 N–H and O–H groups in total. The van der Waals surface area contributed by atoms with Crippen molar-refractivity contribution in [3.8, 4) is 0 Å². The van der Waals surface area contributed by atoms with Crippen LogP contribution < -0.4 is 5.73 Å². The smallest absolute Gasteiger partial charge is 0.0951 e. The molecule has 0 spiro atoms. The minimum absolute atomic E-state index is 0.240. The van der Waals surface area contributed by atoms with E-state index in [0.717, 1.165) is 13.0 Å². The summed E-state index contributed by atoms with van der Waals surface area (Å²) < 4.78 is 2.21. The van der Waals surface area contributed by atoms with Crippen LogP contribution in [0.4, 0.5) is 0 Å². The maximum Gasteiger partial charge on any atom is 0.0951 e. The van der Waals surface area contributed by atoms with Gasteiger partial charge in [-0.1, -0.05) is 0 Å². The summed E-state index contributed by atoms with van der Waals surface area (Å²) in [7, 11) is 2.13. The van der Waals surface area contributed by atoms with E-state index in [1.165, 1.54) is 5.69 Å². The van der Waals surface area contributed by atoms with Crippen molar-refractivity contribution in [3.63, 3.8) is 0 Å². The number of likely N-dealkylation sites (N-methyl/N-ethyl adjacent to an activating group) is 1. The molecule has 0 bridgehead atoms. The van der Waals surface area contributed by atoms with Crippen molar-refractivity contribution in [2.24, 2.45) is 5.73 Å². The van der Waals surface area contributed by atoms with Crippen molar-refractivity contribution in [3.05, 3.63) is 18.2 Å². The number of rotatable bonds is 2. The fraction of sp³-hybridized carbons (Fsp3) is 0.727. The van der Waals surface area contributed by atoms with E-state index in [1.807, 2.05) is 12.5 Å². The Kier molecular flexibility index (Phi) is 2.80. The third-order valence-electron chi connectivity index (χ3n) is 3.25. The Hall–Kier alpha value is -0.870. The molecule has 1 saturated heterocycles. The zero-order chi connectivity index (χ0) is 11.0. The van der Waals surface area contributed by atoms with Crippen LogP contribution in [0.15, 0.2) is 12.5 Å². The topological polar surface area (TPSA) is 47.1 Å². The van der Waals surface area contributed by atoms with Crippen LogP contribution in [-0.4, -0.2) is 34.1 Å². The summed E-state index contributed by atoms with van der Waals surface area (Å²) in [5.74, 6) is 0. The van der Waals surface area contributed by atoms with Crippen molar-refractivity contribution in [2.45, 2.75) is 38.4 Å². The molecule has 2 heterocycles. The van der Waals surface area contributed by atoms with Gasteiger partial charge in [-0.25, -0.2) is 4.98 Å². The molecular weight excluding hydrogens is 188 g/mol. The number of imidazole rings is 1. The number of hydrogen-bond acceptors (Lipinski definition) is 3. The van der Waals surface area contributed by atoms with E-state index in [1.54, 1.807) is 0 Å². The Morgan fingerprint density at radius 2 is 2.27 bits per heavy atom. The Labute approximate surface area is 91.1 Å². The molecule has 1 fully saturated rings. The second-order valence-electron chi connectivity index (χ2n) is 4.70. The molecule has 1 aliphatic rings. The first kappa shape index (κ1) is 10.6. The summed E-state index contributed by atoms with van der Waals surface area (Å²) in [6, 6.07) is 1.02. The first-order valence-corrected chi connectivity index (χ1v) is 5.59. The van der Waals surface area contributed by atoms with E-state index in [0.29, 0.717) is 12.1 Å². The Bertz CT molecular complexity index is 321. The summed E-state index contributed by atoms with van der Waals surface area (Å²) in [5, 5.41) is 0. The highest BCUT2D eigenvalue weighted by molar-refractivity contribution is 5.12. The number of nitrogens with zero attached hydrogens (tertiary/aromatic N) is 3. The van der Waals surface area contributed by atoms with Gasteiger partial charge in [0.2, 0.25) is 0 Å². The van der Waals surface area contributed by atoms with Gasteiger partial charge in [0.1, 0.15) is 0 Å². The highest BCUT2D eigenvalue weighted by Crippen LogP contribution is 2.30. The van der Waals surface area contributed by atoms with Crippen molar-refractivity contribution in [2.75, 3.05) is 13.6 Å². The number of aromatic nitrogens is 2. The molecule has 84 valence electrons. The van der Waals surface area contributed by atoms with Crippen LogP contribution in [0.3, 0.4) is 0 Å². The van der Waals surface area contributed by atoms with Gasteiger partial charge in [-0.15, -0.1) is 0 Å². The third-order valence-corrected chi connectivity index (χ3v) is 3.25. The van der Waals surface area contributed by atoms with Crippen LogP contribution in [-0.2, 0) is 0 Å². The lowest BCUT2D eigenvalue weighted by Gasteiger charge is -2.25. The summed E-state index contributed by atoms with van der Waals surface area (Å²) >= 11 is 0. The number of likely N-dealkylation sites (tertiary alicyclic amines) is 1. The van der Waals surface area contributed by atoms with Crippen molar-refractivity contribution >= 4 is 0 Å². The molecule has 2 rings (SSSR count). The minimum Gasteiger partial charge on any atom is -0.331 e. The molecule has 15 heavy (non-hydrogen) atoms. The van der Waals surface area contributed by atoms with Gasteiger partial charge in [-0.2, -0.15) is 0 Å². The summed E-state index contributed by atoms with van der Waals surface area (Å²) in [6.45, 7) is 5.42. The second-order valence-corrected chi connectivity index (χ2v) is 4.70. The first-order valence-electron chi connectivity index (χ1n) is 5.59. The molecule has 2 atom stereocenters. The third kappa shape index (κ3) is 1.79. The highest BCUT2D eigenvalue weighted by Gasteiger charge is 2.32. The highest BCUT2D eigenvalue weighted by atomic mass is 15.2. The van der Waals surface area contributed by atoms with Gasteiger partial charge in [0.05, 0.1) is 18.1 Å². The van der Waals surface area contributed by atoms with Crippen molar-refractivity contribution < 1.29 is 0 Å². The summed E-state index contributed by atoms with van der Waals surface area (Å²) in [5.41, 5.74) is 7.39. The predicted octanol–water partition coefficient (Wildman–Crippen LogP) is 1.17. The summed E-state index contributed by atoms with van der Waals surface area (Å²) in [6.07, 6.45) is 4.93. The van der Waals surface area contributed by atoms with E-state index in [4.69, 9.17) is 5.73 Å². The minimum atomic E-state index is 0.240. The second kappa shape index (κ2) is 3.94. The zero-order valence-electron chi connectivity index (χ0n) is 9.72. The molecule has 0 radical (unpaired) electrons. The number of nitrogens with two attached hydrogens (primary N) is 1. The van der Waals surface area contributed by atoms with Crippen LogP contribution in [0.2, 0.25) is 0 Å². The molecule has 4 nitrogen and oxygen atoms in total. The van der Waals surface area contributed by atoms with E-state index in [9.17, 15) is 0 Å². The van der Waals surface area contributed by atoms with Gasteiger partial charge >= 0.3 is 0 Å².